The van der Waals surface area contributed by atoms with Crippen molar-refractivity contribution in [1.29, 1.82) is 0 Å². The third-order valence-corrected chi connectivity index (χ3v) is 7.48. The maximum atomic E-state index is 11.2. The van der Waals surface area contributed by atoms with Crippen LogP contribution in [0.15, 0.2) is 12.1 Å². The van der Waals surface area contributed by atoms with Crippen LogP contribution in [0.3, 0.4) is 0 Å². The predicted molar refractivity (Wildman–Crippen MR) is 91.7 cm³/mol. The molecular weight excluding hydrogens is 302 g/mol. The summed E-state index contributed by atoms with van der Waals surface area (Å²) in [6.45, 7) is 5.46. The molecule has 0 unspecified atom stereocenters. The lowest BCUT2D eigenvalue weighted by Gasteiger charge is -2.61. The fraction of sp³-hybridized carbons (Fsp3) is 0.700. The van der Waals surface area contributed by atoms with Crippen LogP contribution in [-0.2, 0) is 11.8 Å². The summed E-state index contributed by atoms with van der Waals surface area (Å²) in [6, 6.07) is 4.80. The summed E-state index contributed by atoms with van der Waals surface area (Å²) in [5.41, 5.74) is 2.59. The van der Waals surface area contributed by atoms with Crippen LogP contribution in [0.5, 0.6) is 11.5 Å². The van der Waals surface area contributed by atoms with Crippen LogP contribution in [0.4, 0.5) is 0 Å². The van der Waals surface area contributed by atoms with Crippen molar-refractivity contribution < 1.29 is 14.6 Å². The molecule has 4 heteroatoms. The van der Waals surface area contributed by atoms with Crippen molar-refractivity contribution in [1.82, 2.24) is 4.90 Å². The molecule has 4 aliphatic rings. The number of benzene rings is 1. The van der Waals surface area contributed by atoms with Gasteiger partial charge in [0.2, 0.25) is 0 Å². The molecule has 5 rings (SSSR count). The average molecular weight is 329 g/mol. The molecule has 130 valence electrons. The second-order valence-corrected chi connectivity index (χ2v) is 8.96. The first-order valence-corrected chi connectivity index (χ1v) is 9.15. The first-order chi connectivity index (χ1) is 11.4. The molecular formula is C20H27NO3. The Morgan fingerprint density at radius 2 is 2.12 bits per heavy atom. The molecule has 5 atom stereocenters. The summed E-state index contributed by atoms with van der Waals surface area (Å²) in [4.78, 5) is 2.53. The molecule has 2 fully saturated rings. The molecule has 0 amide bonds. The van der Waals surface area contributed by atoms with Gasteiger partial charge in [-0.15, -0.1) is 0 Å². The number of ether oxygens (including phenoxy) is 2. The molecule has 2 aliphatic heterocycles. The molecule has 24 heavy (non-hydrogen) atoms. The van der Waals surface area contributed by atoms with E-state index in [1.54, 1.807) is 7.11 Å². The lowest BCUT2D eigenvalue weighted by atomic mass is 9.47. The van der Waals surface area contributed by atoms with Crippen LogP contribution in [-0.4, -0.2) is 49.0 Å². The number of aliphatic hydroxyl groups excluding tert-OH is 1. The van der Waals surface area contributed by atoms with Crippen molar-refractivity contribution in [2.24, 2.45) is 11.3 Å². The van der Waals surface area contributed by atoms with E-state index in [1.165, 1.54) is 11.1 Å². The maximum absolute atomic E-state index is 11.2. The van der Waals surface area contributed by atoms with E-state index in [4.69, 9.17) is 9.47 Å². The van der Waals surface area contributed by atoms with Gasteiger partial charge in [-0.2, -0.15) is 0 Å². The van der Waals surface area contributed by atoms with Gasteiger partial charge >= 0.3 is 0 Å². The number of likely N-dealkylation sites (N-methyl/N-ethyl adjacent to an activating group) is 1. The minimum Gasteiger partial charge on any atom is -0.493 e. The van der Waals surface area contributed by atoms with Crippen molar-refractivity contribution in [3.05, 3.63) is 23.3 Å². The van der Waals surface area contributed by atoms with E-state index >= 15 is 0 Å². The predicted octanol–water partition coefficient (Wildman–Crippen LogP) is 2.36. The summed E-state index contributed by atoms with van der Waals surface area (Å²) < 4.78 is 12.1. The summed E-state index contributed by atoms with van der Waals surface area (Å²) >= 11 is 0. The molecule has 1 spiro atoms. The highest BCUT2D eigenvalue weighted by atomic mass is 16.5. The zero-order chi connectivity index (χ0) is 16.9. The van der Waals surface area contributed by atoms with E-state index < -0.39 is 6.10 Å². The third-order valence-electron chi connectivity index (χ3n) is 7.48. The number of methoxy groups -OCH3 is 1. The number of piperidine rings is 1. The van der Waals surface area contributed by atoms with Crippen LogP contribution in [0.1, 0.15) is 37.8 Å². The Labute approximate surface area is 143 Å². The molecule has 4 nitrogen and oxygen atoms in total. The van der Waals surface area contributed by atoms with Crippen LogP contribution in [0.25, 0.3) is 0 Å². The molecule has 1 N–H and O–H groups in total. The van der Waals surface area contributed by atoms with Crippen molar-refractivity contribution in [2.75, 3.05) is 20.7 Å². The molecule has 0 radical (unpaired) electrons. The Bertz CT molecular complexity index is 715. The Morgan fingerprint density at radius 1 is 1.33 bits per heavy atom. The minimum atomic E-state index is -0.444. The quantitative estimate of drug-likeness (QED) is 0.859. The first kappa shape index (κ1) is 15.0. The molecule has 0 aromatic heterocycles. The topological polar surface area (TPSA) is 41.9 Å². The van der Waals surface area contributed by atoms with Gasteiger partial charge in [0.05, 0.1) is 13.2 Å². The first-order valence-electron chi connectivity index (χ1n) is 9.15. The van der Waals surface area contributed by atoms with Gasteiger partial charge in [-0.25, -0.2) is 0 Å². The van der Waals surface area contributed by atoms with Gasteiger partial charge in [0.25, 0.3) is 0 Å². The Morgan fingerprint density at radius 3 is 2.88 bits per heavy atom. The van der Waals surface area contributed by atoms with E-state index in [2.05, 4.69) is 31.9 Å². The maximum Gasteiger partial charge on any atom is 0.165 e. The van der Waals surface area contributed by atoms with Crippen LogP contribution in [0, 0.1) is 11.3 Å². The van der Waals surface area contributed by atoms with Gasteiger partial charge in [0.1, 0.15) is 6.10 Å². The zero-order valence-corrected chi connectivity index (χ0v) is 15.0. The van der Waals surface area contributed by atoms with E-state index in [1.807, 2.05) is 6.07 Å². The number of nitrogens with zero attached hydrogens (tertiary/aromatic N) is 1. The standard InChI is InChI=1S/C20H27NO3/c1-19(2)10-12-13-9-11-5-6-14(23-4)16-15(11)20(12,7-8-21(13)3)18(24-16)17(19)22/h5-6,12-13,17-18,22H,7-10H2,1-4H3/t12-,13+,17-,18-,20-/m0/s1. The average Bonchev–Trinajstić information content (AvgIpc) is 2.89. The van der Waals surface area contributed by atoms with Crippen molar-refractivity contribution in [3.8, 4) is 11.5 Å². The fourth-order valence-electron chi connectivity index (χ4n) is 6.25. The molecule has 2 aliphatic carbocycles. The van der Waals surface area contributed by atoms with Crippen LogP contribution in [0.2, 0.25) is 0 Å². The van der Waals surface area contributed by atoms with Gasteiger partial charge in [0, 0.05) is 17.0 Å². The van der Waals surface area contributed by atoms with Crippen molar-refractivity contribution >= 4 is 0 Å². The number of aliphatic hydroxyl groups is 1. The van der Waals surface area contributed by atoms with E-state index in [0.29, 0.717) is 12.0 Å². The lowest BCUT2D eigenvalue weighted by Crippen LogP contribution is -2.69. The SMILES string of the molecule is COc1ccc2c3c1O[C@H]1[C@H](O)C(C)(C)C[C@H]4[C@@H](C2)N(C)CC[C@@]341. The van der Waals surface area contributed by atoms with Crippen molar-refractivity contribution in [2.45, 2.75) is 56.8 Å². The second kappa shape index (κ2) is 4.47. The number of rotatable bonds is 1. The van der Waals surface area contributed by atoms with Gasteiger partial charge in [0.15, 0.2) is 11.5 Å². The van der Waals surface area contributed by atoms with Gasteiger partial charge in [-0.05, 0) is 55.8 Å². The molecule has 2 bridgehead atoms. The second-order valence-electron chi connectivity index (χ2n) is 8.96. The molecule has 2 heterocycles. The number of likely N-dealkylation sites (tertiary alicyclic amines) is 1. The Kier molecular flexibility index (Phi) is 2.80. The monoisotopic (exact) mass is 329 g/mol. The normalized spacial score (nSPS) is 41.5. The van der Waals surface area contributed by atoms with Crippen LogP contribution < -0.4 is 9.47 Å². The fourth-order valence-corrected chi connectivity index (χ4v) is 6.25. The third kappa shape index (κ3) is 1.53. The van der Waals surface area contributed by atoms with E-state index in [-0.39, 0.29) is 16.9 Å². The minimum absolute atomic E-state index is 0.0381. The summed E-state index contributed by atoms with van der Waals surface area (Å²) in [5.74, 6) is 2.27. The molecule has 1 aromatic carbocycles. The van der Waals surface area contributed by atoms with Crippen LogP contribution >= 0.6 is 0 Å². The highest BCUT2D eigenvalue weighted by Crippen LogP contribution is 2.66. The van der Waals surface area contributed by atoms with Gasteiger partial charge < -0.3 is 19.5 Å². The van der Waals surface area contributed by atoms with Gasteiger partial charge in [-0.1, -0.05) is 19.9 Å². The van der Waals surface area contributed by atoms with E-state index in [9.17, 15) is 5.11 Å². The molecule has 1 saturated carbocycles. The smallest absolute Gasteiger partial charge is 0.165 e. The number of hydrogen-bond acceptors (Lipinski definition) is 4. The highest BCUT2D eigenvalue weighted by Gasteiger charge is 2.68. The Balaban J connectivity index is 1.79. The Hall–Kier alpha value is -1.26. The summed E-state index contributed by atoms with van der Waals surface area (Å²) in [7, 11) is 3.97. The molecule has 1 aromatic rings. The summed E-state index contributed by atoms with van der Waals surface area (Å²) in [5, 5.41) is 11.2. The largest absolute Gasteiger partial charge is 0.493 e. The lowest BCUT2D eigenvalue weighted by molar-refractivity contribution is -0.153. The van der Waals surface area contributed by atoms with Crippen molar-refractivity contribution in [3.63, 3.8) is 0 Å². The highest BCUT2D eigenvalue weighted by molar-refractivity contribution is 5.61. The van der Waals surface area contributed by atoms with E-state index in [0.717, 1.165) is 37.3 Å². The number of hydrogen-bond donors (Lipinski definition) is 1. The molecule has 1 saturated heterocycles. The summed E-state index contributed by atoms with van der Waals surface area (Å²) in [6.07, 6.45) is 2.61. The zero-order valence-electron chi connectivity index (χ0n) is 15.0. The van der Waals surface area contributed by atoms with Gasteiger partial charge in [-0.3, -0.25) is 0 Å².